The molecule has 124 valence electrons. The number of amides is 1. The molecule has 0 radical (unpaired) electrons. The van der Waals surface area contributed by atoms with Gasteiger partial charge in [0.25, 0.3) is 5.78 Å². The number of halogens is 5. The Morgan fingerprint density at radius 2 is 1.74 bits per heavy atom. The summed E-state index contributed by atoms with van der Waals surface area (Å²) in [5.74, 6) is -2.35. The monoisotopic (exact) mass is 366 g/mol. The number of likely N-dealkylation sites (N-methyl/N-ethyl adjacent to an activating group) is 1. The van der Waals surface area contributed by atoms with Crippen LogP contribution >= 0.6 is 23.2 Å². The molecule has 2 aromatic rings. The van der Waals surface area contributed by atoms with Crippen molar-refractivity contribution in [3.05, 3.63) is 33.9 Å². The Morgan fingerprint density at radius 1 is 1.17 bits per heavy atom. The Labute approximate surface area is 139 Å². The lowest BCUT2D eigenvalue weighted by molar-refractivity contribution is -0.129. The molecule has 23 heavy (non-hydrogen) atoms. The van der Waals surface area contributed by atoms with Crippen molar-refractivity contribution in [1.82, 2.24) is 9.47 Å². The second-order valence-electron chi connectivity index (χ2n) is 5.07. The van der Waals surface area contributed by atoms with E-state index in [4.69, 9.17) is 23.2 Å². The van der Waals surface area contributed by atoms with Crippen molar-refractivity contribution in [2.24, 2.45) is 0 Å². The van der Waals surface area contributed by atoms with Gasteiger partial charge in [0.15, 0.2) is 0 Å². The molecular formula is C14H11Cl2F3N2O2. The molecule has 1 amide bonds. The lowest BCUT2D eigenvalue weighted by atomic mass is 10.1. The SMILES string of the molecule is CN(C)C(=O)Cn1cc(C(=O)C(F)(F)F)c2cc(Cl)c(Cl)cc21. The summed E-state index contributed by atoms with van der Waals surface area (Å²) < 4.78 is 39.5. The highest BCUT2D eigenvalue weighted by atomic mass is 35.5. The smallest absolute Gasteiger partial charge is 0.347 e. The van der Waals surface area contributed by atoms with Crippen molar-refractivity contribution in [2.45, 2.75) is 12.7 Å². The number of hydrogen-bond acceptors (Lipinski definition) is 2. The van der Waals surface area contributed by atoms with Crippen molar-refractivity contribution in [2.75, 3.05) is 14.1 Å². The van der Waals surface area contributed by atoms with Gasteiger partial charge in [-0.15, -0.1) is 0 Å². The van der Waals surface area contributed by atoms with Crippen LogP contribution in [-0.4, -0.2) is 41.4 Å². The van der Waals surface area contributed by atoms with Gasteiger partial charge in [0.05, 0.1) is 21.1 Å². The van der Waals surface area contributed by atoms with E-state index in [1.165, 1.54) is 35.7 Å². The van der Waals surface area contributed by atoms with Gasteiger partial charge in [-0.1, -0.05) is 23.2 Å². The molecule has 1 heterocycles. The third-order valence-corrected chi connectivity index (χ3v) is 3.95. The van der Waals surface area contributed by atoms with Crippen molar-refractivity contribution in [3.63, 3.8) is 0 Å². The van der Waals surface area contributed by atoms with E-state index in [1.807, 2.05) is 0 Å². The minimum Gasteiger partial charge on any atom is -0.347 e. The van der Waals surface area contributed by atoms with Gasteiger partial charge in [-0.05, 0) is 12.1 Å². The minimum absolute atomic E-state index is 0.00622. The number of hydrogen-bond donors (Lipinski definition) is 0. The molecule has 1 aromatic heterocycles. The molecule has 0 spiro atoms. The predicted octanol–water partition coefficient (Wildman–Crippen LogP) is 3.78. The van der Waals surface area contributed by atoms with E-state index in [1.54, 1.807) is 0 Å². The number of alkyl halides is 3. The molecule has 0 fully saturated rings. The fraction of sp³-hybridized carbons (Fsp3) is 0.286. The van der Waals surface area contributed by atoms with E-state index < -0.39 is 17.5 Å². The fourth-order valence-electron chi connectivity index (χ4n) is 2.04. The summed E-state index contributed by atoms with van der Waals surface area (Å²) in [6.07, 6.45) is -4.04. The standard InChI is InChI=1S/C14H11Cl2F3N2O2/c1-20(2)12(22)6-21-5-8(13(23)14(17,18)19)7-3-9(15)10(16)4-11(7)21/h3-5H,6H2,1-2H3. The molecule has 0 bridgehead atoms. The van der Waals surface area contributed by atoms with Gasteiger partial charge in [0.2, 0.25) is 5.91 Å². The molecular weight excluding hydrogens is 356 g/mol. The van der Waals surface area contributed by atoms with Crippen LogP contribution in [0.4, 0.5) is 13.2 Å². The van der Waals surface area contributed by atoms with Crippen LogP contribution in [0.1, 0.15) is 10.4 Å². The van der Waals surface area contributed by atoms with Crippen LogP contribution in [0.2, 0.25) is 10.0 Å². The van der Waals surface area contributed by atoms with Crippen LogP contribution in [0.3, 0.4) is 0 Å². The third kappa shape index (κ3) is 3.45. The van der Waals surface area contributed by atoms with Gasteiger partial charge >= 0.3 is 6.18 Å². The molecule has 0 atom stereocenters. The first-order valence-corrected chi connectivity index (χ1v) is 7.07. The Kier molecular flexibility index (Phi) is 4.64. The zero-order valence-corrected chi connectivity index (χ0v) is 13.6. The maximum Gasteiger partial charge on any atom is 0.454 e. The predicted molar refractivity (Wildman–Crippen MR) is 81.0 cm³/mol. The van der Waals surface area contributed by atoms with Crippen LogP contribution in [0.25, 0.3) is 10.9 Å². The first-order valence-electron chi connectivity index (χ1n) is 6.32. The molecule has 4 nitrogen and oxygen atoms in total. The number of Topliss-reactive ketones (excluding diaryl/α,β-unsaturated/α-hetero) is 1. The first-order chi connectivity index (χ1) is 10.5. The number of carbonyl (C=O) groups is 2. The summed E-state index contributed by atoms with van der Waals surface area (Å²) in [6, 6.07) is 2.52. The highest BCUT2D eigenvalue weighted by Crippen LogP contribution is 2.34. The van der Waals surface area contributed by atoms with Crippen molar-refractivity contribution >= 4 is 45.8 Å². The van der Waals surface area contributed by atoms with Crippen LogP contribution in [0, 0.1) is 0 Å². The minimum atomic E-state index is -5.03. The van der Waals surface area contributed by atoms with Crippen molar-refractivity contribution < 1.29 is 22.8 Å². The average Bonchev–Trinajstić information content (AvgIpc) is 2.75. The van der Waals surface area contributed by atoms with Gasteiger partial charge in [0.1, 0.15) is 6.54 Å². The summed E-state index contributed by atoms with van der Waals surface area (Å²) in [5.41, 5.74) is -0.347. The van der Waals surface area contributed by atoms with Gasteiger partial charge in [-0.3, -0.25) is 9.59 Å². The first kappa shape index (κ1) is 17.6. The second-order valence-corrected chi connectivity index (χ2v) is 5.88. The summed E-state index contributed by atoms with van der Waals surface area (Å²) >= 11 is 11.7. The number of carbonyl (C=O) groups excluding carboxylic acids is 2. The number of fused-ring (bicyclic) bond motifs is 1. The lowest BCUT2D eigenvalue weighted by Gasteiger charge is -2.11. The number of benzene rings is 1. The highest BCUT2D eigenvalue weighted by Gasteiger charge is 2.41. The maximum atomic E-state index is 12.7. The Bertz CT molecular complexity index is 797. The third-order valence-electron chi connectivity index (χ3n) is 3.23. The van der Waals surface area contributed by atoms with Crippen LogP contribution < -0.4 is 0 Å². The van der Waals surface area contributed by atoms with E-state index in [0.717, 1.165) is 6.20 Å². The molecule has 0 aliphatic heterocycles. The molecule has 0 aliphatic rings. The average molecular weight is 367 g/mol. The van der Waals surface area contributed by atoms with E-state index in [2.05, 4.69) is 0 Å². The number of aromatic nitrogens is 1. The van der Waals surface area contributed by atoms with Crippen LogP contribution in [0.5, 0.6) is 0 Å². The molecule has 2 rings (SSSR count). The zero-order valence-electron chi connectivity index (χ0n) is 12.0. The number of rotatable bonds is 3. The number of ketones is 1. The fourth-order valence-corrected chi connectivity index (χ4v) is 2.36. The van der Waals surface area contributed by atoms with E-state index in [9.17, 15) is 22.8 Å². The Balaban J connectivity index is 2.67. The second kappa shape index (κ2) is 6.05. The normalized spacial score (nSPS) is 11.8. The van der Waals surface area contributed by atoms with Crippen LogP contribution in [0.15, 0.2) is 18.3 Å². The quantitative estimate of drug-likeness (QED) is 0.775. The van der Waals surface area contributed by atoms with Crippen molar-refractivity contribution in [1.29, 1.82) is 0 Å². The topological polar surface area (TPSA) is 42.3 Å². The zero-order chi connectivity index (χ0) is 17.5. The molecule has 0 unspecified atom stereocenters. The van der Waals surface area contributed by atoms with E-state index in [-0.39, 0.29) is 33.4 Å². The van der Waals surface area contributed by atoms with E-state index >= 15 is 0 Å². The van der Waals surface area contributed by atoms with E-state index in [0.29, 0.717) is 0 Å². The molecule has 9 heteroatoms. The summed E-state index contributed by atoms with van der Waals surface area (Å²) in [6.45, 7) is -0.230. The highest BCUT2D eigenvalue weighted by molar-refractivity contribution is 6.43. The lowest BCUT2D eigenvalue weighted by Crippen LogP contribution is -2.26. The van der Waals surface area contributed by atoms with Gasteiger partial charge in [-0.25, -0.2) is 0 Å². The molecule has 0 aliphatic carbocycles. The van der Waals surface area contributed by atoms with Gasteiger partial charge in [-0.2, -0.15) is 13.2 Å². The summed E-state index contributed by atoms with van der Waals surface area (Å²) in [7, 11) is 3.03. The summed E-state index contributed by atoms with van der Waals surface area (Å²) in [5, 5.41) is 0.127. The molecule has 0 saturated heterocycles. The Morgan fingerprint density at radius 3 is 2.26 bits per heavy atom. The summed E-state index contributed by atoms with van der Waals surface area (Å²) in [4.78, 5) is 24.7. The maximum absolute atomic E-state index is 12.7. The van der Waals surface area contributed by atoms with Gasteiger partial charge < -0.3 is 9.47 Å². The molecule has 0 saturated carbocycles. The molecule has 0 N–H and O–H groups in total. The van der Waals surface area contributed by atoms with Gasteiger partial charge in [0, 0.05) is 25.7 Å². The Hall–Kier alpha value is -1.73. The largest absolute Gasteiger partial charge is 0.454 e. The molecule has 1 aromatic carbocycles. The van der Waals surface area contributed by atoms with Crippen LogP contribution in [-0.2, 0) is 11.3 Å². The van der Waals surface area contributed by atoms with Crippen molar-refractivity contribution in [3.8, 4) is 0 Å². The number of nitrogens with zero attached hydrogens (tertiary/aromatic N) is 2.